The molecule has 0 amide bonds. The number of nitrogens with one attached hydrogen (secondary N) is 3. The topological polar surface area (TPSA) is 116 Å². The molecule has 2 aromatic heterocycles. The van der Waals surface area contributed by atoms with Crippen molar-refractivity contribution in [1.82, 2.24) is 25.2 Å². The minimum absolute atomic E-state index is 0.0953. The van der Waals surface area contributed by atoms with Gasteiger partial charge in [-0.05, 0) is 45.9 Å². The lowest BCUT2D eigenvalue weighted by Crippen LogP contribution is -2.35. The molecule has 0 saturated carbocycles. The Bertz CT molecular complexity index is 738. The molecule has 4 N–H and O–H groups in total. The molecule has 0 atom stereocenters. The van der Waals surface area contributed by atoms with Crippen LogP contribution in [0, 0.1) is 0 Å². The van der Waals surface area contributed by atoms with E-state index in [-0.39, 0.29) is 13.0 Å². The zero-order valence-corrected chi connectivity index (χ0v) is 20.3. The Morgan fingerprint density at radius 2 is 1.37 bits per heavy atom. The van der Waals surface area contributed by atoms with Gasteiger partial charge in [0.2, 0.25) is 0 Å². The molecule has 0 aliphatic heterocycles. The van der Waals surface area contributed by atoms with Crippen LogP contribution >= 0.6 is 50.8 Å². The Kier molecular flexibility index (Phi) is 12.9. The van der Waals surface area contributed by atoms with Crippen LogP contribution in [0.5, 0.6) is 0 Å². The number of carboxylic acid groups (broad SMARTS) is 1. The third-order valence-corrected chi connectivity index (χ3v) is 9.82. The smallest absolute Gasteiger partial charge is 0.304 e. The molecule has 0 saturated heterocycles. The molecule has 0 fully saturated rings. The first-order chi connectivity index (χ1) is 14.6. The Balaban J connectivity index is 1.69. The third kappa shape index (κ3) is 11.6. The highest BCUT2D eigenvalue weighted by molar-refractivity contribution is 8.77. The Morgan fingerprint density at radius 1 is 0.867 bits per heavy atom. The molecule has 0 spiro atoms. The minimum Gasteiger partial charge on any atom is -0.481 e. The molecule has 30 heavy (non-hydrogen) atoms. The van der Waals surface area contributed by atoms with E-state index in [9.17, 15) is 9.36 Å². The van der Waals surface area contributed by atoms with Crippen LogP contribution in [-0.4, -0.2) is 52.2 Å². The van der Waals surface area contributed by atoms with Gasteiger partial charge in [0.05, 0.1) is 6.42 Å². The van der Waals surface area contributed by atoms with Gasteiger partial charge in [-0.15, -0.1) is 0 Å². The molecular formula is C17H24N5O3PS4. The SMILES string of the molecule is O=C(O)CCNP(=O)(NCCSSc1ccccn1)NCCSSc1ccccn1. The molecule has 0 aliphatic rings. The number of aliphatic carboxylic acids is 1. The first-order valence-corrected chi connectivity index (χ1v) is 15.4. The average molecular weight is 506 g/mol. The van der Waals surface area contributed by atoms with E-state index in [0.29, 0.717) is 13.1 Å². The molecule has 8 nitrogen and oxygen atoms in total. The summed E-state index contributed by atoms with van der Waals surface area (Å²) in [6.45, 7) is 1.13. The quantitative estimate of drug-likeness (QED) is 0.150. The van der Waals surface area contributed by atoms with Gasteiger partial charge in [-0.2, -0.15) is 0 Å². The van der Waals surface area contributed by atoms with Crippen LogP contribution in [0.1, 0.15) is 6.42 Å². The van der Waals surface area contributed by atoms with E-state index in [2.05, 4.69) is 25.2 Å². The predicted molar refractivity (Wildman–Crippen MR) is 129 cm³/mol. The number of carboxylic acids is 1. The van der Waals surface area contributed by atoms with Gasteiger partial charge >= 0.3 is 5.97 Å². The van der Waals surface area contributed by atoms with E-state index in [1.807, 2.05) is 36.4 Å². The van der Waals surface area contributed by atoms with Crippen molar-refractivity contribution in [2.75, 3.05) is 31.1 Å². The van der Waals surface area contributed by atoms with Crippen molar-refractivity contribution in [3.05, 3.63) is 48.8 Å². The first kappa shape index (κ1) is 25.5. The average Bonchev–Trinajstić information content (AvgIpc) is 2.74. The summed E-state index contributed by atoms with van der Waals surface area (Å²) in [4.78, 5) is 19.2. The standard InChI is InChI=1S/C17H24N5O3PS4/c23-17(24)7-10-20-26(25,21-11-13-27-29-15-5-1-3-8-18-15)22-12-14-28-30-16-6-2-4-9-19-16/h1-6,8-9H,7,10-14H2,(H,23,24)(H3,20,21,22,25). The number of pyridine rings is 2. The van der Waals surface area contributed by atoms with Gasteiger partial charge in [-0.25, -0.2) is 25.2 Å². The Labute approximate surface area is 192 Å². The largest absolute Gasteiger partial charge is 0.481 e. The van der Waals surface area contributed by atoms with Gasteiger partial charge in [0, 0.05) is 43.5 Å². The molecule has 0 bridgehead atoms. The summed E-state index contributed by atoms with van der Waals surface area (Å²) in [5.74, 6) is 0.508. The maximum Gasteiger partial charge on any atom is 0.304 e. The maximum absolute atomic E-state index is 13.1. The predicted octanol–water partition coefficient (Wildman–Crippen LogP) is 4.01. The second-order valence-electron chi connectivity index (χ2n) is 5.62. The summed E-state index contributed by atoms with van der Waals surface area (Å²) in [5, 5.41) is 19.6. The van der Waals surface area contributed by atoms with Gasteiger partial charge in [0.15, 0.2) is 0 Å². The van der Waals surface area contributed by atoms with Crippen molar-refractivity contribution in [3.63, 3.8) is 0 Å². The van der Waals surface area contributed by atoms with Crippen LogP contribution in [0.25, 0.3) is 0 Å². The molecule has 13 heteroatoms. The summed E-state index contributed by atoms with van der Waals surface area (Å²) in [6, 6.07) is 11.5. The highest BCUT2D eigenvalue weighted by Gasteiger charge is 2.20. The number of carbonyl (C=O) groups is 1. The highest BCUT2D eigenvalue weighted by Crippen LogP contribution is 2.33. The fraction of sp³-hybridized carbons (Fsp3) is 0.353. The monoisotopic (exact) mass is 505 g/mol. The van der Waals surface area contributed by atoms with Gasteiger partial charge in [0.25, 0.3) is 7.59 Å². The summed E-state index contributed by atoms with van der Waals surface area (Å²) >= 11 is 0. The molecule has 0 aromatic carbocycles. The van der Waals surface area contributed by atoms with Crippen molar-refractivity contribution in [1.29, 1.82) is 0 Å². The van der Waals surface area contributed by atoms with Crippen LogP contribution in [0.2, 0.25) is 0 Å². The summed E-state index contributed by atoms with van der Waals surface area (Å²) in [7, 11) is 3.26. The normalized spacial score (nSPS) is 11.5. The third-order valence-electron chi connectivity index (χ3n) is 3.28. The van der Waals surface area contributed by atoms with Crippen molar-refractivity contribution in [2.45, 2.75) is 16.5 Å². The summed E-state index contributed by atoms with van der Waals surface area (Å²) in [6.07, 6.45) is 3.40. The van der Waals surface area contributed by atoms with Crippen molar-refractivity contribution in [3.8, 4) is 0 Å². The first-order valence-electron chi connectivity index (χ1n) is 9.06. The Hall–Kier alpha value is -0.720. The van der Waals surface area contributed by atoms with E-state index in [4.69, 9.17) is 5.11 Å². The van der Waals surface area contributed by atoms with Crippen LogP contribution in [0.3, 0.4) is 0 Å². The number of hydrogen-bond donors (Lipinski definition) is 4. The van der Waals surface area contributed by atoms with Crippen LogP contribution in [0.4, 0.5) is 0 Å². The second-order valence-corrected chi connectivity index (χ2v) is 12.7. The van der Waals surface area contributed by atoms with Gasteiger partial charge in [0.1, 0.15) is 10.1 Å². The van der Waals surface area contributed by atoms with Gasteiger partial charge < -0.3 is 5.11 Å². The van der Waals surface area contributed by atoms with E-state index in [0.717, 1.165) is 21.6 Å². The zero-order valence-electron chi connectivity index (χ0n) is 16.1. The Morgan fingerprint density at radius 3 is 1.80 bits per heavy atom. The summed E-state index contributed by atoms with van der Waals surface area (Å²) in [5.41, 5.74) is 0. The number of hydrogen-bond acceptors (Lipinski definition) is 8. The van der Waals surface area contributed by atoms with Crippen molar-refractivity contribution in [2.24, 2.45) is 0 Å². The van der Waals surface area contributed by atoms with Crippen molar-refractivity contribution >= 4 is 56.7 Å². The van der Waals surface area contributed by atoms with E-state index in [1.165, 1.54) is 0 Å². The molecule has 0 aliphatic carbocycles. The van der Waals surface area contributed by atoms with Crippen LogP contribution in [-0.2, 0) is 9.36 Å². The lowest BCUT2D eigenvalue weighted by atomic mass is 10.5. The van der Waals surface area contributed by atoms with Gasteiger partial charge in [-0.1, -0.05) is 33.7 Å². The zero-order chi connectivity index (χ0) is 21.5. The highest BCUT2D eigenvalue weighted by atomic mass is 33.1. The fourth-order valence-electron chi connectivity index (χ4n) is 1.97. The number of rotatable bonds is 16. The van der Waals surface area contributed by atoms with Crippen molar-refractivity contribution < 1.29 is 14.5 Å². The lowest BCUT2D eigenvalue weighted by Gasteiger charge is -2.21. The molecule has 0 unspecified atom stereocenters. The fourth-order valence-corrected chi connectivity index (χ4v) is 7.46. The van der Waals surface area contributed by atoms with Gasteiger partial charge in [-0.3, -0.25) is 9.36 Å². The minimum atomic E-state index is -3.09. The maximum atomic E-state index is 13.1. The molecule has 2 heterocycles. The molecular weight excluding hydrogens is 481 g/mol. The van der Waals surface area contributed by atoms with Crippen LogP contribution in [0.15, 0.2) is 58.8 Å². The second kappa shape index (κ2) is 15.1. The number of aromatic nitrogens is 2. The van der Waals surface area contributed by atoms with Crippen LogP contribution < -0.4 is 15.3 Å². The molecule has 0 radical (unpaired) electrons. The molecule has 164 valence electrons. The lowest BCUT2D eigenvalue weighted by molar-refractivity contribution is -0.136. The number of nitrogens with zero attached hydrogens (tertiary/aromatic N) is 2. The van der Waals surface area contributed by atoms with E-state index >= 15 is 0 Å². The van der Waals surface area contributed by atoms with E-state index < -0.39 is 13.6 Å². The summed E-state index contributed by atoms with van der Waals surface area (Å²) < 4.78 is 13.1. The molecule has 2 aromatic rings. The molecule has 2 rings (SSSR count). The van der Waals surface area contributed by atoms with E-state index in [1.54, 1.807) is 55.6 Å².